The van der Waals surface area contributed by atoms with E-state index in [2.05, 4.69) is 19.1 Å². The lowest BCUT2D eigenvalue weighted by molar-refractivity contribution is -0.0790. The molecule has 0 heterocycles. The van der Waals surface area contributed by atoms with E-state index < -0.39 is 0 Å². The topological polar surface area (TPSA) is 0 Å². The molecule has 21 heavy (non-hydrogen) atoms. The summed E-state index contributed by atoms with van der Waals surface area (Å²) in [5.41, 5.74) is 0. The van der Waals surface area contributed by atoms with Crippen molar-refractivity contribution in [3.63, 3.8) is 0 Å². The van der Waals surface area contributed by atoms with E-state index in [1.165, 1.54) is 44.9 Å². The van der Waals surface area contributed by atoms with E-state index in [-0.39, 0.29) is 0 Å². The molecule has 0 saturated heterocycles. The Balaban J connectivity index is 1.64. The maximum Gasteiger partial charge on any atom is -0.0319 e. The van der Waals surface area contributed by atoms with Gasteiger partial charge in [0.15, 0.2) is 0 Å². The van der Waals surface area contributed by atoms with Crippen molar-refractivity contribution in [2.24, 2.45) is 41.4 Å². The van der Waals surface area contributed by atoms with E-state index in [1.54, 1.807) is 25.7 Å². The highest BCUT2D eigenvalue weighted by Crippen LogP contribution is 2.58. The van der Waals surface area contributed by atoms with Gasteiger partial charge in [-0.1, -0.05) is 44.8 Å². The first kappa shape index (κ1) is 14.3. The molecule has 0 aromatic heterocycles. The molecule has 0 bridgehead atoms. The van der Waals surface area contributed by atoms with Gasteiger partial charge < -0.3 is 0 Å². The normalized spacial score (nSPS) is 50.2. The molecule has 0 amide bonds. The highest BCUT2D eigenvalue weighted by atomic mass is 14.6. The van der Waals surface area contributed by atoms with Gasteiger partial charge in [-0.2, -0.15) is 0 Å². The second-order valence-electron chi connectivity index (χ2n) is 8.71. The van der Waals surface area contributed by atoms with Gasteiger partial charge in [-0.05, 0) is 86.4 Å². The van der Waals surface area contributed by atoms with Gasteiger partial charge in [0.05, 0.1) is 0 Å². The second kappa shape index (κ2) is 6.09. The van der Waals surface area contributed by atoms with Gasteiger partial charge in [0.1, 0.15) is 0 Å². The fraction of sp³-hybridized carbons (Fsp3) is 0.905. The number of rotatable bonds is 1. The van der Waals surface area contributed by atoms with Gasteiger partial charge in [-0.3, -0.25) is 0 Å². The first-order chi connectivity index (χ1) is 10.4. The predicted octanol–water partition coefficient (Wildman–Crippen LogP) is 6.22. The van der Waals surface area contributed by atoms with E-state index >= 15 is 0 Å². The van der Waals surface area contributed by atoms with Crippen LogP contribution in [-0.2, 0) is 0 Å². The van der Waals surface area contributed by atoms with Crippen LogP contribution in [0.2, 0.25) is 0 Å². The standard InChI is InChI=1S/C21H34/c1-15-17-11-5-7-13-19(17)21(16-9-3-2-4-10-16)20-14-8-6-12-18(15)20/h2-3,15-21H,4-14H2,1H3. The van der Waals surface area contributed by atoms with Crippen LogP contribution in [0.1, 0.15) is 77.6 Å². The van der Waals surface area contributed by atoms with Crippen LogP contribution in [0.25, 0.3) is 0 Å². The Morgan fingerprint density at radius 2 is 1.24 bits per heavy atom. The van der Waals surface area contributed by atoms with Crippen LogP contribution in [0.5, 0.6) is 0 Å². The Morgan fingerprint density at radius 1 is 0.667 bits per heavy atom. The van der Waals surface area contributed by atoms with Gasteiger partial charge in [-0.25, -0.2) is 0 Å². The first-order valence-electron chi connectivity index (χ1n) is 10.0. The molecule has 0 spiro atoms. The average Bonchev–Trinajstić information content (AvgIpc) is 2.56. The second-order valence-corrected chi connectivity index (χ2v) is 8.71. The van der Waals surface area contributed by atoms with Gasteiger partial charge >= 0.3 is 0 Å². The summed E-state index contributed by atoms with van der Waals surface area (Å²) in [5, 5.41) is 0. The summed E-state index contributed by atoms with van der Waals surface area (Å²) < 4.78 is 0. The van der Waals surface area contributed by atoms with Crippen molar-refractivity contribution >= 4 is 0 Å². The molecule has 4 rings (SSSR count). The minimum Gasteiger partial charge on any atom is -0.0885 e. The third-order valence-corrected chi connectivity index (χ3v) is 7.94. The quantitative estimate of drug-likeness (QED) is 0.502. The molecule has 0 aliphatic heterocycles. The van der Waals surface area contributed by atoms with Crippen molar-refractivity contribution in [1.82, 2.24) is 0 Å². The zero-order valence-corrected chi connectivity index (χ0v) is 14.0. The summed E-state index contributed by atoms with van der Waals surface area (Å²) >= 11 is 0. The van der Waals surface area contributed by atoms with Crippen molar-refractivity contribution in [2.75, 3.05) is 0 Å². The molecule has 0 heteroatoms. The molecule has 3 saturated carbocycles. The average molecular weight is 287 g/mol. The molecule has 0 nitrogen and oxygen atoms in total. The minimum atomic E-state index is 1.04. The fourth-order valence-corrected chi connectivity index (χ4v) is 7.14. The van der Waals surface area contributed by atoms with Crippen LogP contribution < -0.4 is 0 Å². The van der Waals surface area contributed by atoms with Gasteiger partial charge in [0.25, 0.3) is 0 Å². The SMILES string of the molecule is CC1C2CCCCC2C(C2CC=CCC2)C2CCCCC12. The summed E-state index contributed by atoms with van der Waals surface area (Å²) in [6, 6.07) is 0. The maximum absolute atomic E-state index is 2.64. The van der Waals surface area contributed by atoms with Gasteiger partial charge in [0, 0.05) is 0 Å². The van der Waals surface area contributed by atoms with Crippen LogP contribution in [0, 0.1) is 41.4 Å². The molecule has 118 valence electrons. The van der Waals surface area contributed by atoms with E-state index in [0.29, 0.717) is 0 Å². The van der Waals surface area contributed by atoms with Crippen molar-refractivity contribution in [3.8, 4) is 0 Å². The zero-order valence-electron chi connectivity index (χ0n) is 14.0. The van der Waals surface area contributed by atoms with Crippen molar-refractivity contribution in [1.29, 1.82) is 0 Å². The fourth-order valence-electron chi connectivity index (χ4n) is 7.14. The Hall–Kier alpha value is -0.260. The molecule has 3 fully saturated rings. The molecule has 0 aromatic rings. The van der Waals surface area contributed by atoms with Crippen LogP contribution in [0.4, 0.5) is 0 Å². The molecule has 0 N–H and O–H groups in total. The van der Waals surface area contributed by atoms with E-state index in [0.717, 1.165) is 41.4 Å². The molecular weight excluding hydrogens is 252 g/mol. The molecule has 5 unspecified atom stereocenters. The van der Waals surface area contributed by atoms with Crippen LogP contribution >= 0.6 is 0 Å². The Labute approximate surface area is 131 Å². The molecule has 0 radical (unpaired) electrons. The van der Waals surface area contributed by atoms with Crippen LogP contribution in [0.3, 0.4) is 0 Å². The summed E-state index contributed by atoms with van der Waals surface area (Å²) in [6.07, 6.45) is 21.6. The molecular formula is C21H34. The van der Waals surface area contributed by atoms with Gasteiger partial charge in [-0.15, -0.1) is 0 Å². The lowest BCUT2D eigenvalue weighted by Gasteiger charge is -2.57. The number of fused-ring (bicyclic) bond motifs is 2. The summed E-state index contributed by atoms with van der Waals surface area (Å²) in [7, 11) is 0. The monoisotopic (exact) mass is 286 g/mol. The van der Waals surface area contributed by atoms with Gasteiger partial charge in [0.2, 0.25) is 0 Å². The third kappa shape index (κ3) is 2.51. The summed E-state index contributed by atoms with van der Waals surface area (Å²) in [4.78, 5) is 0. The number of hydrogen-bond acceptors (Lipinski definition) is 0. The van der Waals surface area contributed by atoms with E-state index in [4.69, 9.17) is 0 Å². The van der Waals surface area contributed by atoms with Crippen LogP contribution in [0.15, 0.2) is 12.2 Å². The largest absolute Gasteiger partial charge is 0.0885 e. The van der Waals surface area contributed by atoms with Crippen LogP contribution in [-0.4, -0.2) is 0 Å². The van der Waals surface area contributed by atoms with Crippen molar-refractivity contribution < 1.29 is 0 Å². The Bertz CT molecular complexity index is 357. The smallest absolute Gasteiger partial charge is 0.0319 e. The molecule has 0 aromatic carbocycles. The van der Waals surface area contributed by atoms with E-state index in [1.807, 2.05) is 0 Å². The Morgan fingerprint density at radius 3 is 1.76 bits per heavy atom. The predicted molar refractivity (Wildman–Crippen MR) is 90.0 cm³/mol. The first-order valence-corrected chi connectivity index (χ1v) is 10.0. The molecule has 4 aliphatic rings. The summed E-state index contributed by atoms with van der Waals surface area (Å²) in [5.74, 6) is 7.56. The zero-order chi connectivity index (χ0) is 14.2. The third-order valence-electron chi connectivity index (χ3n) is 7.94. The van der Waals surface area contributed by atoms with E-state index in [9.17, 15) is 0 Å². The lowest BCUT2D eigenvalue weighted by atomic mass is 9.48. The minimum absolute atomic E-state index is 1.04. The number of hydrogen-bond donors (Lipinski definition) is 0. The Kier molecular flexibility index (Phi) is 4.16. The summed E-state index contributed by atoms with van der Waals surface area (Å²) in [6.45, 7) is 2.64. The highest BCUT2D eigenvalue weighted by Gasteiger charge is 2.51. The molecule has 4 aliphatic carbocycles. The van der Waals surface area contributed by atoms with Crippen molar-refractivity contribution in [3.05, 3.63) is 12.2 Å². The van der Waals surface area contributed by atoms with Crippen molar-refractivity contribution in [2.45, 2.75) is 77.6 Å². The highest BCUT2D eigenvalue weighted by molar-refractivity contribution is 5.03. The molecule has 5 atom stereocenters. The maximum atomic E-state index is 2.64. The lowest BCUT2D eigenvalue weighted by Crippen LogP contribution is -2.50. The number of allylic oxidation sites excluding steroid dienone is 2.